The van der Waals surface area contributed by atoms with E-state index >= 15 is 0 Å². The Morgan fingerprint density at radius 3 is 1.62 bits per heavy atom. The molecular weight excluding hydrogens is 483 g/mol. The first-order valence-corrected chi connectivity index (χ1v) is 10.3. The first-order chi connectivity index (χ1) is 12.4. The fourth-order valence-corrected chi connectivity index (χ4v) is 4.63. The van der Waals surface area contributed by atoms with Gasteiger partial charge in [0.2, 0.25) is 5.60 Å². The number of hydrogen-bond donors (Lipinski definition) is 2. The average molecular weight is 497 g/mol. The molecule has 0 saturated heterocycles. The Labute approximate surface area is 168 Å². The molecule has 0 radical (unpaired) electrons. The first-order valence-electron chi connectivity index (χ1n) is 7.60. The molecule has 26 heavy (non-hydrogen) atoms. The van der Waals surface area contributed by atoms with Crippen LogP contribution in [0.1, 0.15) is 16.7 Å². The second-order valence-corrected chi connectivity index (χ2v) is 7.90. The number of benzene rings is 3. The lowest BCUT2D eigenvalue weighted by molar-refractivity contribution is 0.145. The Hall–Kier alpha value is -1.56. The molecule has 1 atom stereocenters. The minimum atomic E-state index is -2.93. The SMILES string of the molecule is O=[P+](O)OC(c1ccccc1)(c1ccccc1)c1cc(Br)c(O)c(Br)c1. The van der Waals surface area contributed by atoms with Gasteiger partial charge in [-0.15, -0.1) is 4.89 Å². The highest BCUT2D eigenvalue weighted by Gasteiger charge is 2.46. The summed E-state index contributed by atoms with van der Waals surface area (Å²) in [5.41, 5.74) is 0.633. The van der Waals surface area contributed by atoms with Gasteiger partial charge in [-0.1, -0.05) is 65.2 Å². The van der Waals surface area contributed by atoms with Crippen LogP contribution in [0, 0.1) is 0 Å². The van der Waals surface area contributed by atoms with Crippen molar-refractivity contribution in [2.45, 2.75) is 5.60 Å². The van der Waals surface area contributed by atoms with Crippen LogP contribution in [0.3, 0.4) is 0 Å². The normalized spacial score (nSPS) is 12.0. The van der Waals surface area contributed by atoms with E-state index in [4.69, 9.17) is 4.52 Å². The van der Waals surface area contributed by atoms with Crippen LogP contribution in [0.4, 0.5) is 0 Å². The second-order valence-electron chi connectivity index (χ2n) is 5.53. The van der Waals surface area contributed by atoms with Gasteiger partial charge >= 0.3 is 8.25 Å². The number of halogens is 2. The summed E-state index contributed by atoms with van der Waals surface area (Å²) in [5, 5.41) is 10.1. The molecule has 0 fully saturated rings. The maximum atomic E-state index is 11.8. The first kappa shape index (κ1) is 19.2. The number of rotatable bonds is 5. The molecule has 0 aliphatic carbocycles. The van der Waals surface area contributed by atoms with Gasteiger partial charge in [-0.2, -0.15) is 0 Å². The monoisotopic (exact) mass is 495 g/mol. The minimum Gasteiger partial charge on any atom is -0.506 e. The summed E-state index contributed by atoms with van der Waals surface area (Å²) in [6, 6.07) is 21.8. The fraction of sp³-hybridized carbons (Fsp3) is 0.0526. The summed E-state index contributed by atoms with van der Waals surface area (Å²) in [6.07, 6.45) is 0. The highest BCUT2D eigenvalue weighted by atomic mass is 79.9. The third-order valence-corrected chi connectivity index (χ3v) is 5.64. The number of phenols is 1. The molecule has 1 unspecified atom stereocenters. The molecule has 0 amide bonds. The molecule has 0 heterocycles. The molecule has 0 saturated carbocycles. The summed E-state index contributed by atoms with van der Waals surface area (Å²) in [6.45, 7) is 0. The Balaban J connectivity index is 2.39. The van der Waals surface area contributed by atoms with Crippen LogP contribution in [0.15, 0.2) is 81.7 Å². The van der Waals surface area contributed by atoms with E-state index in [9.17, 15) is 14.6 Å². The number of hydrogen-bond acceptors (Lipinski definition) is 3. The molecule has 0 aliphatic rings. The zero-order chi connectivity index (χ0) is 18.7. The van der Waals surface area contributed by atoms with Crippen molar-refractivity contribution in [3.05, 3.63) is 98.4 Å². The smallest absolute Gasteiger partial charge is 0.506 e. The molecule has 3 aromatic rings. The largest absolute Gasteiger partial charge is 0.696 e. The van der Waals surface area contributed by atoms with Crippen LogP contribution in [0.25, 0.3) is 0 Å². The summed E-state index contributed by atoms with van der Waals surface area (Å²) in [7, 11) is -2.93. The average Bonchev–Trinajstić information content (AvgIpc) is 2.65. The highest BCUT2D eigenvalue weighted by molar-refractivity contribution is 9.11. The van der Waals surface area contributed by atoms with Crippen LogP contribution in [0.5, 0.6) is 5.75 Å². The predicted molar refractivity (Wildman–Crippen MR) is 107 cm³/mol. The van der Waals surface area contributed by atoms with Crippen molar-refractivity contribution >= 4 is 40.1 Å². The lowest BCUT2D eigenvalue weighted by Gasteiger charge is -2.30. The Bertz CT molecular complexity index is 870. The molecule has 3 aromatic carbocycles. The third-order valence-electron chi connectivity index (χ3n) is 4.00. The predicted octanol–water partition coefficient (Wildman–Crippen LogP) is 5.88. The van der Waals surface area contributed by atoms with Crippen LogP contribution in [-0.2, 0) is 14.7 Å². The molecule has 3 rings (SSSR count). The zero-order valence-corrected chi connectivity index (χ0v) is 17.4. The van der Waals surface area contributed by atoms with E-state index < -0.39 is 13.9 Å². The standard InChI is InChI=1S/C19H13Br2O4P/c20-16-11-15(12-17(21)18(16)22)19(25-26(23)24,13-7-3-1-4-8-13)14-9-5-2-6-10-14/h1-12H,(H-,22,23,24)/p+1. The van der Waals surface area contributed by atoms with Gasteiger partial charge in [-0.25, -0.2) is 0 Å². The summed E-state index contributed by atoms with van der Waals surface area (Å²) >= 11 is 6.66. The molecule has 0 bridgehead atoms. The molecule has 0 aliphatic heterocycles. The molecule has 0 aromatic heterocycles. The van der Waals surface area contributed by atoms with Crippen molar-refractivity contribution < 1.29 is 19.1 Å². The van der Waals surface area contributed by atoms with E-state index in [1.54, 1.807) is 12.1 Å². The van der Waals surface area contributed by atoms with Gasteiger partial charge in [-0.05, 0) is 55.1 Å². The number of phenolic OH excluding ortho intramolecular Hbond substituents is 1. The van der Waals surface area contributed by atoms with Crippen molar-refractivity contribution in [1.29, 1.82) is 0 Å². The Morgan fingerprint density at radius 2 is 1.23 bits per heavy atom. The van der Waals surface area contributed by atoms with E-state index in [2.05, 4.69) is 31.9 Å². The topological polar surface area (TPSA) is 66.8 Å². The quantitative estimate of drug-likeness (QED) is 0.342. The van der Waals surface area contributed by atoms with E-state index in [1.165, 1.54) is 0 Å². The summed E-state index contributed by atoms with van der Waals surface area (Å²) in [4.78, 5) is 9.68. The van der Waals surface area contributed by atoms with Crippen molar-refractivity contribution in [3.63, 3.8) is 0 Å². The van der Waals surface area contributed by atoms with E-state index in [0.717, 1.165) is 0 Å². The van der Waals surface area contributed by atoms with Gasteiger partial charge in [0, 0.05) is 10.1 Å². The van der Waals surface area contributed by atoms with Crippen LogP contribution in [-0.4, -0.2) is 10.00 Å². The van der Waals surface area contributed by atoms with Crippen molar-refractivity contribution in [1.82, 2.24) is 0 Å². The lowest BCUT2D eigenvalue weighted by Crippen LogP contribution is -2.30. The lowest BCUT2D eigenvalue weighted by atomic mass is 9.80. The van der Waals surface area contributed by atoms with Gasteiger partial charge in [0.15, 0.2) is 0 Å². The van der Waals surface area contributed by atoms with Crippen molar-refractivity contribution in [2.24, 2.45) is 0 Å². The van der Waals surface area contributed by atoms with Gasteiger partial charge < -0.3 is 5.11 Å². The van der Waals surface area contributed by atoms with Gasteiger partial charge in [0.25, 0.3) is 0 Å². The summed E-state index contributed by atoms with van der Waals surface area (Å²) in [5.74, 6) is 0.0390. The highest BCUT2D eigenvalue weighted by Crippen LogP contribution is 2.48. The number of aromatic hydroxyl groups is 1. The molecule has 0 spiro atoms. The maximum absolute atomic E-state index is 11.8. The van der Waals surface area contributed by atoms with Crippen LogP contribution in [0.2, 0.25) is 0 Å². The molecule has 4 nitrogen and oxygen atoms in total. The van der Waals surface area contributed by atoms with Crippen molar-refractivity contribution in [3.8, 4) is 5.75 Å². The molecule has 132 valence electrons. The Kier molecular flexibility index (Phi) is 5.90. The molecular formula is C19H14Br2O4P+. The summed E-state index contributed by atoms with van der Waals surface area (Å²) < 4.78 is 18.4. The van der Waals surface area contributed by atoms with E-state index in [1.807, 2.05) is 60.7 Å². The van der Waals surface area contributed by atoms with E-state index in [-0.39, 0.29) is 5.75 Å². The molecule has 2 N–H and O–H groups in total. The van der Waals surface area contributed by atoms with Gasteiger partial charge in [0.05, 0.1) is 8.95 Å². The zero-order valence-electron chi connectivity index (χ0n) is 13.3. The Morgan fingerprint density at radius 1 is 0.808 bits per heavy atom. The maximum Gasteiger partial charge on any atom is 0.696 e. The van der Waals surface area contributed by atoms with Crippen LogP contribution >= 0.6 is 40.1 Å². The third kappa shape index (κ3) is 3.61. The second kappa shape index (κ2) is 7.99. The van der Waals surface area contributed by atoms with E-state index in [0.29, 0.717) is 25.6 Å². The minimum absolute atomic E-state index is 0.0390. The van der Waals surface area contributed by atoms with Crippen molar-refractivity contribution in [2.75, 3.05) is 0 Å². The van der Waals surface area contributed by atoms with Crippen LogP contribution < -0.4 is 0 Å². The van der Waals surface area contributed by atoms with Gasteiger partial charge in [0.1, 0.15) is 5.75 Å². The molecule has 7 heteroatoms. The van der Waals surface area contributed by atoms with Gasteiger partial charge in [-0.3, -0.25) is 0 Å². The fourth-order valence-electron chi connectivity index (χ4n) is 2.89.